The van der Waals surface area contributed by atoms with Gasteiger partial charge in [0.15, 0.2) is 5.16 Å². The topological polar surface area (TPSA) is 81.8 Å². The molecule has 4 rings (SSSR count). The van der Waals surface area contributed by atoms with Crippen LogP contribution in [0, 0.1) is 19.7 Å². The Morgan fingerprint density at radius 3 is 2.61 bits per heavy atom. The van der Waals surface area contributed by atoms with Crippen molar-refractivity contribution in [3.8, 4) is 5.69 Å². The highest BCUT2D eigenvalue weighted by atomic mass is 35.5. The predicted molar refractivity (Wildman–Crippen MR) is 129 cm³/mol. The SMILES string of the molecule is Cc1nn(C)c(C)c1NC(=O)C(C)Sc1nc2ccccc2c(=O)n1-c1ccc(F)c(Cl)c1. The molecule has 2 aromatic heterocycles. The monoisotopic (exact) mass is 485 g/mol. The molecule has 0 spiro atoms. The highest BCUT2D eigenvalue weighted by Crippen LogP contribution is 2.28. The molecule has 170 valence electrons. The molecule has 0 radical (unpaired) electrons. The third kappa shape index (κ3) is 4.38. The Balaban J connectivity index is 1.75. The van der Waals surface area contributed by atoms with Crippen LogP contribution in [0.5, 0.6) is 0 Å². The van der Waals surface area contributed by atoms with E-state index < -0.39 is 11.1 Å². The molecule has 0 aliphatic carbocycles. The number of hydrogen-bond acceptors (Lipinski definition) is 5. The van der Waals surface area contributed by atoms with E-state index in [1.165, 1.54) is 22.8 Å². The van der Waals surface area contributed by atoms with E-state index in [2.05, 4.69) is 15.4 Å². The largest absolute Gasteiger partial charge is 0.322 e. The molecule has 10 heteroatoms. The van der Waals surface area contributed by atoms with E-state index >= 15 is 0 Å². The highest BCUT2D eigenvalue weighted by molar-refractivity contribution is 8.00. The maximum atomic E-state index is 13.8. The number of benzene rings is 2. The van der Waals surface area contributed by atoms with E-state index in [9.17, 15) is 14.0 Å². The third-order valence-corrected chi connectivity index (χ3v) is 6.66. The van der Waals surface area contributed by atoms with Crippen LogP contribution >= 0.6 is 23.4 Å². The van der Waals surface area contributed by atoms with Crippen molar-refractivity contribution >= 4 is 45.9 Å². The van der Waals surface area contributed by atoms with Crippen molar-refractivity contribution in [1.82, 2.24) is 19.3 Å². The second-order valence-electron chi connectivity index (χ2n) is 7.57. The Bertz CT molecular complexity index is 1450. The van der Waals surface area contributed by atoms with Gasteiger partial charge in [-0.1, -0.05) is 35.5 Å². The molecule has 2 aromatic carbocycles. The lowest BCUT2D eigenvalue weighted by atomic mass is 10.2. The Morgan fingerprint density at radius 1 is 1.21 bits per heavy atom. The van der Waals surface area contributed by atoms with Gasteiger partial charge >= 0.3 is 0 Å². The first kappa shape index (κ1) is 23.0. The van der Waals surface area contributed by atoms with Crippen molar-refractivity contribution in [2.45, 2.75) is 31.2 Å². The first-order chi connectivity index (χ1) is 15.7. The zero-order chi connectivity index (χ0) is 23.9. The van der Waals surface area contributed by atoms with Gasteiger partial charge in [0.2, 0.25) is 5.91 Å². The van der Waals surface area contributed by atoms with E-state index in [0.717, 1.165) is 17.5 Å². The molecular formula is C23H21ClFN5O2S. The molecule has 0 saturated heterocycles. The number of anilines is 1. The molecule has 0 saturated carbocycles. The number of fused-ring (bicyclic) bond motifs is 1. The minimum absolute atomic E-state index is 0.114. The van der Waals surface area contributed by atoms with Crippen LogP contribution in [-0.4, -0.2) is 30.5 Å². The van der Waals surface area contributed by atoms with E-state index in [-0.39, 0.29) is 16.5 Å². The molecule has 1 N–H and O–H groups in total. The minimum Gasteiger partial charge on any atom is -0.322 e. The molecule has 0 aliphatic heterocycles. The smallest absolute Gasteiger partial charge is 0.266 e. The molecule has 0 aliphatic rings. The molecule has 1 unspecified atom stereocenters. The number of halogens is 2. The number of thioether (sulfide) groups is 1. The predicted octanol–water partition coefficient (Wildman–Crippen LogP) is 4.65. The van der Waals surface area contributed by atoms with Crippen molar-refractivity contribution in [2.75, 3.05) is 5.32 Å². The van der Waals surface area contributed by atoms with Gasteiger partial charge in [-0.3, -0.25) is 18.8 Å². The molecule has 0 bridgehead atoms. The van der Waals surface area contributed by atoms with Gasteiger partial charge in [0, 0.05) is 7.05 Å². The quantitative estimate of drug-likeness (QED) is 0.329. The number of aryl methyl sites for hydroxylation is 2. The fraction of sp³-hybridized carbons (Fsp3) is 0.217. The number of carbonyl (C=O) groups is 1. The summed E-state index contributed by atoms with van der Waals surface area (Å²) >= 11 is 7.10. The summed E-state index contributed by atoms with van der Waals surface area (Å²) in [5.41, 5.74) is 2.73. The molecule has 1 atom stereocenters. The average Bonchev–Trinajstić information content (AvgIpc) is 3.02. The van der Waals surface area contributed by atoms with Gasteiger partial charge in [-0.25, -0.2) is 9.37 Å². The summed E-state index contributed by atoms with van der Waals surface area (Å²) in [6.45, 7) is 5.42. The van der Waals surface area contributed by atoms with Crippen molar-refractivity contribution < 1.29 is 9.18 Å². The molecule has 2 heterocycles. The normalized spacial score (nSPS) is 12.2. The maximum Gasteiger partial charge on any atom is 0.266 e. The molecule has 33 heavy (non-hydrogen) atoms. The van der Waals surface area contributed by atoms with Crippen LogP contribution in [0.1, 0.15) is 18.3 Å². The van der Waals surface area contributed by atoms with Crippen LogP contribution in [-0.2, 0) is 11.8 Å². The lowest BCUT2D eigenvalue weighted by Gasteiger charge is -2.17. The first-order valence-electron chi connectivity index (χ1n) is 10.1. The van der Waals surface area contributed by atoms with Crippen molar-refractivity contribution in [3.05, 3.63) is 75.0 Å². The van der Waals surface area contributed by atoms with Gasteiger partial charge in [0.25, 0.3) is 5.56 Å². The lowest BCUT2D eigenvalue weighted by Crippen LogP contribution is -2.26. The first-order valence-corrected chi connectivity index (χ1v) is 11.4. The third-order valence-electron chi connectivity index (χ3n) is 5.31. The Kier molecular flexibility index (Phi) is 6.27. The summed E-state index contributed by atoms with van der Waals surface area (Å²) in [4.78, 5) is 30.9. The maximum absolute atomic E-state index is 13.8. The average molecular weight is 486 g/mol. The Labute approximate surface area is 198 Å². The van der Waals surface area contributed by atoms with Crippen LogP contribution in [0.15, 0.2) is 52.4 Å². The van der Waals surface area contributed by atoms with Crippen molar-refractivity contribution in [2.24, 2.45) is 7.05 Å². The molecule has 4 aromatic rings. The van der Waals surface area contributed by atoms with Crippen LogP contribution in [0.25, 0.3) is 16.6 Å². The molecule has 7 nitrogen and oxygen atoms in total. The Hall–Kier alpha value is -3.17. The highest BCUT2D eigenvalue weighted by Gasteiger charge is 2.22. The minimum atomic E-state index is -0.598. The van der Waals surface area contributed by atoms with E-state index in [1.807, 2.05) is 20.9 Å². The number of hydrogen-bond donors (Lipinski definition) is 1. The molecular weight excluding hydrogens is 465 g/mol. The standard InChI is InChI=1S/C23H21ClFN5O2S/c1-12-20(13(2)29(4)28-12)27-21(31)14(3)33-23-26-19-8-6-5-7-16(19)22(32)30(23)15-9-10-18(25)17(24)11-15/h5-11,14H,1-4H3,(H,27,31). The number of nitrogens with zero attached hydrogens (tertiary/aromatic N) is 4. The second kappa shape index (κ2) is 8.99. The summed E-state index contributed by atoms with van der Waals surface area (Å²) < 4.78 is 16.8. The van der Waals surface area contributed by atoms with Crippen LogP contribution in [0.4, 0.5) is 10.1 Å². The zero-order valence-corrected chi connectivity index (χ0v) is 20.0. The summed E-state index contributed by atoms with van der Waals surface area (Å²) in [5.74, 6) is -0.850. The van der Waals surface area contributed by atoms with Gasteiger partial charge in [-0.2, -0.15) is 5.10 Å². The van der Waals surface area contributed by atoms with E-state index in [1.54, 1.807) is 35.9 Å². The number of carbonyl (C=O) groups excluding carboxylic acids is 1. The van der Waals surface area contributed by atoms with E-state index in [0.29, 0.717) is 33.1 Å². The van der Waals surface area contributed by atoms with Crippen molar-refractivity contribution in [3.63, 3.8) is 0 Å². The number of nitrogens with one attached hydrogen (secondary N) is 1. The second-order valence-corrected chi connectivity index (χ2v) is 9.28. The van der Waals surface area contributed by atoms with Gasteiger partial charge in [-0.15, -0.1) is 0 Å². The number of rotatable bonds is 5. The summed E-state index contributed by atoms with van der Waals surface area (Å²) in [6.07, 6.45) is 0. The Morgan fingerprint density at radius 2 is 1.94 bits per heavy atom. The number of para-hydroxylation sites is 1. The molecule has 1 amide bonds. The van der Waals surface area contributed by atoms with Crippen LogP contribution in [0.2, 0.25) is 5.02 Å². The van der Waals surface area contributed by atoms with Gasteiger partial charge in [-0.05, 0) is 51.1 Å². The van der Waals surface area contributed by atoms with E-state index in [4.69, 9.17) is 11.6 Å². The lowest BCUT2D eigenvalue weighted by molar-refractivity contribution is -0.115. The van der Waals surface area contributed by atoms with Gasteiger partial charge in [0.1, 0.15) is 5.82 Å². The number of aromatic nitrogens is 4. The fourth-order valence-electron chi connectivity index (χ4n) is 3.43. The number of amides is 1. The summed E-state index contributed by atoms with van der Waals surface area (Å²) in [7, 11) is 1.81. The van der Waals surface area contributed by atoms with Crippen molar-refractivity contribution in [1.29, 1.82) is 0 Å². The zero-order valence-electron chi connectivity index (χ0n) is 18.4. The summed E-state index contributed by atoms with van der Waals surface area (Å²) in [6, 6.07) is 10.9. The fourth-order valence-corrected chi connectivity index (χ4v) is 4.54. The summed E-state index contributed by atoms with van der Waals surface area (Å²) in [5, 5.41) is 7.22. The van der Waals surface area contributed by atoms with Gasteiger partial charge < -0.3 is 5.32 Å². The van der Waals surface area contributed by atoms with Crippen LogP contribution in [0.3, 0.4) is 0 Å². The van der Waals surface area contributed by atoms with Gasteiger partial charge in [0.05, 0.1) is 43.9 Å². The molecule has 0 fully saturated rings. The van der Waals surface area contributed by atoms with Crippen LogP contribution < -0.4 is 10.9 Å².